The zero-order valence-electron chi connectivity index (χ0n) is 20.5. The van der Waals surface area contributed by atoms with Crippen molar-refractivity contribution in [2.75, 3.05) is 0 Å². The summed E-state index contributed by atoms with van der Waals surface area (Å²) in [6, 6.07) is 47.9. The highest BCUT2D eigenvalue weighted by molar-refractivity contribution is 6.36. The van der Waals surface area contributed by atoms with Gasteiger partial charge in [-0.3, -0.25) is 0 Å². The van der Waals surface area contributed by atoms with Crippen molar-refractivity contribution in [2.24, 2.45) is 0 Å². The van der Waals surface area contributed by atoms with E-state index in [0.29, 0.717) is 0 Å². The second-order valence-electron chi connectivity index (χ2n) is 9.89. The highest BCUT2D eigenvalue weighted by atomic mass is 35.5. The average molecular weight is 504 g/mol. The third-order valence-corrected chi connectivity index (χ3v) is 8.15. The number of benzene rings is 7. The fraction of sp³-hybridized carbons (Fsp3) is 0. The molecule has 1 nitrogen and oxygen atoms in total. The van der Waals surface area contributed by atoms with Gasteiger partial charge in [0.1, 0.15) is 0 Å². The summed E-state index contributed by atoms with van der Waals surface area (Å²) < 4.78 is 2.47. The number of para-hydroxylation sites is 1. The van der Waals surface area contributed by atoms with Gasteiger partial charge in [-0.2, -0.15) is 0 Å². The van der Waals surface area contributed by atoms with Crippen LogP contribution in [0, 0.1) is 0 Å². The summed E-state index contributed by atoms with van der Waals surface area (Å²) in [5.74, 6) is 0. The van der Waals surface area contributed by atoms with Crippen molar-refractivity contribution in [1.29, 1.82) is 0 Å². The van der Waals surface area contributed by atoms with Crippen LogP contribution in [0.5, 0.6) is 0 Å². The summed E-state index contributed by atoms with van der Waals surface area (Å²) >= 11 is 6.66. The normalized spacial score (nSPS) is 11.8. The van der Waals surface area contributed by atoms with Crippen LogP contribution < -0.4 is 0 Å². The van der Waals surface area contributed by atoms with Gasteiger partial charge in [0, 0.05) is 32.1 Å². The molecule has 0 aliphatic heterocycles. The van der Waals surface area contributed by atoms with Gasteiger partial charge in [0.25, 0.3) is 0 Å². The zero-order valence-corrected chi connectivity index (χ0v) is 21.3. The molecule has 0 saturated carbocycles. The number of rotatable bonds is 2. The second kappa shape index (κ2) is 8.21. The molecule has 0 spiro atoms. The SMILES string of the molecule is Clc1ccc(-c2ccc3ccccc3c2-n2c3ccccc3c3cc4ccccc4cc32)c2ccccc12. The Kier molecular flexibility index (Phi) is 4.64. The molecule has 8 rings (SSSR count). The lowest BCUT2D eigenvalue weighted by atomic mass is 9.94. The topological polar surface area (TPSA) is 4.93 Å². The molecule has 178 valence electrons. The van der Waals surface area contributed by atoms with Crippen LogP contribution >= 0.6 is 11.6 Å². The first-order valence-electron chi connectivity index (χ1n) is 12.9. The summed E-state index contributed by atoms with van der Waals surface area (Å²) in [4.78, 5) is 0. The Bertz CT molecular complexity index is 2200. The molecule has 0 radical (unpaired) electrons. The van der Waals surface area contributed by atoms with Crippen molar-refractivity contribution >= 4 is 65.7 Å². The Morgan fingerprint density at radius 3 is 1.82 bits per heavy atom. The predicted molar refractivity (Wildman–Crippen MR) is 164 cm³/mol. The molecule has 0 bridgehead atoms. The molecule has 0 N–H and O–H groups in total. The Labute approximate surface area is 225 Å². The minimum Gasteiger partial charge on any atom is -0.308 e. The quantitative estimate of drug-likeness (QED) is 0.221. The molecular weight excluding hydrogens is 482 g/mol. The van der Waals surface area contributed by atoms with Gasteiger partial charge in [-0.1, -0.05) is 121 Å². The molecule has 1 aromatic heterocycles. The fourth-order valence-corrected chi connectivity index (χ4v) is 6.33. The number of halogens is 1. The van der Waals surface area contributed by atoms with E-state index in [-0.39, 0.29) is 0 Å². The molecule has 0 aliphatic rings. The first kappa shape index (κ1) is 21.5. The summed E-state index contributed by atoms with van der Waals surface area (Å²) in [5, 5.41) is 10.5. The summed E-state index contributed by atoms with van der Waals surface area (Å²) in [5.41, 5.74) is 5.97. The molecule has 0 unspecified atom stereocenters. The average Bonchev–Trinajstić information content (AvgIpc) is 3.29. The second-order valence-corrected chi connectivity index (χ2v) is 10.3. The van der Waals surface area contributed by atoms with Crippen molar-refractivity contribution in [3.8, 4) is 16.8 Å². The monoisotopic (exact) mass is 503 g/mol. The molecule has 2 heteroatoms. The number of nitrogens with zero attached hydrogens (tertiary/aromatic N) is 1. The maximum absolute atomic E-state index is 6.66. The first-order valence-corrected chi connectivity index (χ1v) is 13.3. The van der Waals surface area contributed by atoms with Crippen molar-refractivity contribution < 1.29 is 0 Å². The predicted octanol–water partition coefficient (Wildman–Crippen LogP) is 10.6. The van der Waals surface area contributed by atoms with E-state index in [1.165, 1.54) is 60.2 Å². The summed E-state index contributed by atoms with van der Waals surface area (Å²) in [6.45, 7) is 0. The Morgan fingerprint density at radius 1 is 0.395 bits per heavy atom. The maximum Gasteiger partial charge on any atom is 0.0619 e. The Balaban J connectivity index is 1.60. The lowest BCUT2D eigenvalue weighted by Gasteiger charge is -2.19. The molecule has 0 saturated heterocycles. The molecule has 1 heterocycles. The van der Waals surface area contributed by atoms with E-state index in [1.54, 1.807) is 0 Å². The van der Waals surface area contributed by atoms with Gasteiger partial charge in [-0.05, 0) is 51.4 Å². The van der Waals surface area contributed by atoms with Crippen LogP contribution in [0.2, 0.25) is 5.02 Å². The van der Waals surface area contributed by atoms with Crippen molar-refractivity contribution in [3.63, 3.8) is 0 Å². The zero-order chi connectivity index (χ0) is 25.2. The molecular formula is C36H22ClN. The van der Waals surface area contributed by atoms with Gasteiger partial charge in [0.2, 0.25) is 0 Å². The highest BCUT2D eigenvalue weighted by Crippen LogP contribution is 2.43. The third-order valence-electron chi connectivity index (χ3n) is 7.83. The Morgan fingerprint density at radius 2 is 1.00 bits per heavy atom. The van der Waals surface area contributed by atoms with Crippen molar-refractivity contribution in [1.82, 2.24) is 4.57 Å². The summed E-state index contributed by atoms with van der Waals surface area (Å²) in [6.07, 6.45) is 0. The van der Waals surface area contributed by atoms with Crippen LogP contribution in [0.1, 0.15) is 0 Å². The molecule has 0 fully saturated rings. The molecule has 0 aliphatic carbocycles. The molecule has 0 amide bonds. The lowest BCUT2D eigenvalue weighted by molar-refractivity contribution is 1.20. The number of hydrogen-bond acceptors (Lipinski definition) is 0. The van der Waals surface area contributed by atoms with Gasteiger partial charge in [-0.15, -0.1) is 0 Å². The Hall–Kier alpha value is -4.59. The van der Waals surface area contributed by atoms with Crippen molar-refractivity contribution in [2.45, 2.75) is 0 Å². The minimum atomic E-state index is 0.773. The molecule has 7 aromatic carbocycles. The molecule has 8 aromatic rings. The smallest absolute Gasteiger partial charge is 0.0619 e. The standard InChI is InChI=1S/C36H22ClN/c37-33-20-19-28(27-13-5-6-14-29(27)33)31-18-17-23-9-3-4-12-26(23)36(31)38-34-16-8-7-15-30(34)32-21-24-10-1-2-11-25(24)22-35(32)38/h1-22H. The van der Waals surface area contributed by atoms with Gasteiger partial charge >= 0.3 is 0 Å². The summed E-state index contributed by atoms with van der Waals surface area (Å²) in [7, 11) is 0. The van der Waals surface area contributed by atoms with Crippen LogP contribution in [-0.2, 0) is 0 Å². The van der Waals surface area contributed by atoms with Gasteiger partial charge in [-0.25, -0.2) is 0 Å². The van der Waals surface area contributed by atoms with E-state index in [0.717, 1.165) is 15.8 Å². The first-order chi connectivity index (χ1) is 18.8. The van der Waals surface area contributed by atoms with E-state index >= 15 is 0 Å². The lowest BCUT2D eigenvalue weighted by Crippen LogP contribution is -1.99. The van der Waals surface area contributed by atoms with E-state index in [1.807, 2.05) is 6.07 Å². The third kappa shape index (κ3) is 3.06. The number of aromatic nitrogens is 1. The maximum atomic E-state index is 6.66. The van der Waals surface area contributed by atoms with Crippen LogP contribution in [0.15, 0.2) is 133 Å². The minimum absolute atomic E-state index is 0.773. The number of hydrogen-bond donors (Lipinski definition) is 0. The van der Waals surface area contributed by atoms with Gasteiger partial charge in [0.05, 0.1) is 16.7 Å². The molecule has 0 atom stereocenters. The van der Waals surface area contributed by atoms with Crippen LogP contribution in [-0.4, -0.2) is 4.57 Å². The van der Waals surface area contributed by atoms with E-state index in [9.17, 15) is 0 Å². The van der Waals surface area contributed by atoms with E-state index in [4.69, 9.17) is 11.6 Å². The van der Waals surface area contributed by atoms with Gasteiger partial charge < -0.3 is 4.57 Å². The van der Waals surface area contributed by atoms with Crippen LogP contribution in [0.4, 0.5) is 0 Å². The number of fused-ring (bicyclic) bond motifs is 6. The van der Waals surface area contributed by atoms with E-state index in [2.05, 4.69) is 132 Å². The van der Waals surface area contributed by atoms with Crippen molar-refractivity contribution in [3.05, 3.63) is 138 Å². The molecule has 38 heavy (non-hydrogen) atoms. The highest BCUT2D eigenvalue weighted by Gasteiger charge is 2.20. The van der Waals surface area contributed by atoms with Gasteiger partial charge in [0.15, 0.2) is 0 Å². The fourth-order valence-electron chi connectivity index (χ4n) is 6.11. The van der Waals surface area contributed by atoms with Crippen LogP contribution in [0.3, 0.4) is 0 Å². The van der Waals surface area contributed by atoms with Crippen LogP contribution in [0.25, 0.3) is 70.9 Å². The largest absolute Gasteiger partial charge is 0.308 e. The van der Waals surface area contributed by atoms with E-state index < -0.39 is 0 Å².